The Morgan fingerprint density at radius 3 is 1.20 bits per heavy atom. The number of Topliss-reactive ketones (excluding diaryl/α,β-unsaturated/α-hetero) is 3. The van der Waals surface area contributed by atoms with E-state index in [1.165, 1.54) is 34.0 Å². The van der Waals surface area contributed by atoms with Crippen molar-refractivity contribution in [1.82, 2.24) is 36.2 Å². The quantitative estimate of drug-likeness (QED) is 0.00702. The molecule has 9 N–H and O–H groups in total. The Morgan fingerprint density at radius 1 is 0.475 bits per heavy atom. The van der Waals surface area contributed by atoms with Crippen molar-refractivity contribution in [2.45, 2.75) is 122 Å². The van der Waals surface area contributed by atoms with Crippen molar-refractivity contribution in [3.8, 4) is 0 Å². The second kappa shape index (κ2) is 43.9. The molecule has 0 bridgehead atoms. The first kappa shape index (κ1) is 79.0. The molecule has 0 unspecified atom stereocenters. The third-order valence-corrected chi connectivity index (χ3v) is 21.7. The summed E-state index contributed by atoms with van der Waals surface area (Å²) in [5.74, 6) is -1.51. The summed E-state index contributed by atoms with van der Waals surface area (Å²) in [6, 6.07) is 40.9. The number of aromatic nitrogens is 3. The van der Waals surface area contributed by atoms with Gasteiger partial charge in [0.2, 0.25) is 23.4 Å². The van der Waals surface area contributed by atoms with Crippen molar-refractivity contribution in [1.29, 1.82) is 0 Å². The number of carboxylic acid groups (broad SMARTS) is 1. The number of alkyl halides is 1. The smallest absolute Gasteiger partial charge is 0.407 e. The molecule has 3 atom stereocenters. The van der Waals surface area contributed by atoms with E-state index in [9.17, 15) is 38.4 Å². The number of halogens is 1. The van der Waals surface area contributed by atoms with E-state index in [2.05, 4.69) is 36.2 Å². The molecular formula is C74H91IN9O14S3-. The zero-order valence-electron chi connectivity index (χ0n) is 56.6. The molecule has 4 amide bonds. The van der Waals surface area contributed by atoms with E-state index < -0.39 is 51.7 Å². The minimum absolute atomic E-state index is 0.0551. The van der Waals surface area contributed by atoms with E-state index in [0.717, 1.165) is 78.3 Å². The van der Waals surface area contributed by atoms with Gasteiger partial charge in [-0.2, -0.15) is 0 Å². The van der Waals surface area contributed by atoms with E-state index in [-0.39, 0.29) is 66.0 Å². The number of hydrogen-bond acceptors (Lipinski definition) is 21. The minimum atomic E-state index is -0.682. The molecule has 3 aromatic heterocycles. The number of ether oxygens (including phenoxy) is 5. The zero-order chi connectivity index (χ0) is 71.4. The number of carboxylic acids is 1. The number of nitrogens with two attached hydrogens (primary N) is 2. The Kier molecular flexibility index (Phi) is 34.3. The second-order valence-corrected chi connectivity index (χ2v) is 29.3. The number of hydrogen-bond donors (Lipinski definition) is 7. The normalized spacial score (nSPS) is 15.0. The topological polar surface area (TPSA) is 342 Å². The predicted molar refractivity (Wildman–Crippen MR) is 386 cm³/mol. The van der Waals surface area contributed by atoms with Gasteiger partial charge in [-0.25, -0.2) is 14.8 Å². The maximum absolute atomic E-state index is 13.3. The number of fused-ring (bicyclic) bond motifs is 3. The van der Waals surface area contributed by atoms with Gasteiger partial charge >= 0.3 is 185 Å². The van der Waals surface area contributed by atoms with Crippen molar-refractivity contribution in [3.05, 3.63) is 160 Å². The Hall–Kier alpha value is -7.74. The van der Waals surface area contributed by atoms with Crippen molar-refractivity contribution in [2.75, 3.05) is 63.7 Å². The third-order valence-electron chi connectivity index (χ3n) is 17.0. The Labute approximate surface area is 611 Å². The SMILES string of the molecule is NCCCC[C@H](NC(=O)C1CCOCC1)C(=O)c1nc2ccccc2s1.N[I-]C[C@@H](CCCCNC(=O)OCc1ccccc1)C(=O)c1nc2ccccc2s1.O=C(NCCCC[C@H](NC(=O)C1CCOCC1)C(=O)c1nc2ccccc2s1)OCc1ccccc1.O=C(O)C1CCOCC1. The van der Waals surface area contributed by atoms with Gasteiger partial charge in [0.25, 0.3) is 0 Å². The van der Waals surface area contributed by atoms with Crippen LogP contribution < -0.4 is 52.4 Å². The first-order valence-corrected chi connectivity index (χ1v) is 39.6. The summed E-state index contributed by atoms with van der Waals surface area (Å²) in [6.45, 7) is 5.51. The summed E-state index contributed by atoms with van der Waals surface area (Å²) in [7, 11) is 0. The van der Waals surface area contributed by atoms with Crippen LogP contribution >= 0.6 is 34.0 Å². The van der Waals surface area contributed by atoms with Gasteiger partial charge in [-0.05, 0) is 113 Å². The fraction of sp³-hybridized carbons (Fsp3) is 0.446. The third kappa shape index (κ3) is 26.9. The van der Waals surface area contributed by atoms with Crippen LogP contribution in [0.15, 0.2) is 133 Å². The van der Waals surface area contributed by atoms with Crippen molar-refractivity contribution < 1.29 is 88.6 Å². The number of para-hydroxylation sites is 3. The second-order valence-electron chi connectivity index (χ2n) is 24.4. The Bertz CT molecular complexity index is 3780. The summed E-state index contributed by atoms with van der Waals surface area (Å²) in [4.78, 5) is 112. The maximum atomic E-state index is 13.3. The molecular weight excluding hydrogens is 1460 g/mol. The fourth-order valence-corrected chi connectivity index (χ4v) is 15.5. The van der Waals surface area contributed by atoms with Crippen LogP contribution in [0.3, 0.4) is 0 Å². The van der Waals surface area contributed by atoms with Crippen molar-refractivity contribution in [2.24, 2.45) is 33.4 Å². The molecule has 6 heterocycles. The Morgan fingerprint density at radius 2 is 0.832 bits per heavy atom. The molecule has 0 spiro atoms. The summed E-state index contributed by atoms with van der Waals surface area (Å²) in [5.41, 5.74) is 9.91. The van der Waals surface area contributed by atoms with Crippen LogP contribution in [0.2, 0.25) is 0 Å². The van der Waals surface area contributed by atoms with Gasteiger partial charge in [0, 0.05) is 58.0 Å². The molecule has 101 heavy (non-hydrogen) atoms. The summed E-state index contributed by atoms with van der Waals surface area (Å²) in [5, 5.41) is 21.4. The number of unbranched alkanes of at least 4 members (excludes halogenated alkanes) is 3. The van der Waals surface area contributed by atoms with Gasteiger partial charge in [0.1, 0.15) is 6.61 Å². The number of ketones is 3. The van der Waals surface area contributed by atoms with Crippen LogP contribution in [0.1, 0.15) is 137 Å². The number of nitrogens with one attached hydrogen (secondary N) is 4. The van der Waals surface area contributed by atoms with Gasteiger partial charge in [0.15, 0.2) is 10.0 Å². The van der Waals surface area contributed by atoms with Crippen molar-refractivity contribution in [3.63, 3.8) is 0 Å². The van der Waals surface area contributed by atoms with Crippen LogP contribution in [0.5, 0.6) is 0 Å². The molecule has 27 heteroatoms. The molecule has 0 saturated carbocycles. The molecule has 11 rings (SSSR count). The van der Waals surface area contributed by atoms with Gasteiger partial charge < -0.3 is 45.7 Å². The number of aliphatic carboxylic acids is 1. The molecule has 23 nitrogen and oxygen atoms in total. The molecule has 542 valence electrons. The first-order chi connectivity index (χ1) is 49.3. The molecule has 0 aliphatic carbocycles. The molecule has 3 fully saturated rings. The van der Waals surface area contributed by atoms with Crippen molar-refractivity contribution >= 4 is 112 Å². The molecule has 3 saturated heterocycles. The minimum Gasteiger partial charge on any atom is -0.481 e. The number of carbonyl (C=O) groups excluding carboxylic acids is 7. The monoisotopic (exact) mass is 1550 g/mol. The number of rotatable bonds is 31. The molecule has 3 aliphatic heterocycles. The largest absolute Gasteiger partial charge is 0.481 e. The summed E-state index contributed by atoms with van der Waals surface area (Å²) in [6.07, 6.45) is 9.52. The van der Waals surface area contributed by atoms with E-state index >= 15 is 0 Å². The van der Waals surface area contributed by atoms with E-state index in [4.69, 9.17) is 38.5 Å². The standard InChI is InChI=1S/C27H31N3O5S.C22H25IN3O3S.C19H25N3O3S.C6H10O3/c31-24(26-30-21-10-4-5-12-23(21)36-26)22(29-25(32)20-13-16-34-17-14-20)11-6-7-15-28-27(33)35-18-19-8-2-1-3-9-19;24-23-14-17(20(27)21-26-18-11-4-5-12-19(18)30-21)10-6-7-13-25-22(28)29-15-16-8-2-1-3-9-16;20-10-4-3-6-15(21-18(24)13-8-11-25-12-9-13)17(23)19-22-14-5-1-2-7-16(14)26-19;7-6(8)5-1-3-9-4-2-5/h1-5,8-10,12,20,22H,6-7,11,13-18H2,(H,28,33)(H,29,32);1-5,8-9,11-12,17H,6-7,10,13-15,24H2,(H,25,28);1-2,5,7,13,15H,3-4,6,8-12,20H2,(H,21,24);5H,1-4H2,(H,7,8)/q;-1;;/t22-;17-;15-;/m010./s1. The maximum Gasteiger partial charge on any atom is 0.407 e. The van der Waals surface area contributed by atoms with Crippen LogP contribution in [-0.4, -0.2) is 143 Å². The van der Waals surface area contributed by atoms with Crippen LogP contribution in [0, 0.1) is 23.7 Å². The average Bonchev–Trinajstić information content (AvgIpc) is 1.70. The number of nitrogens with zero attached hydrogens (tertiary/aromatic N) is 3. The number of benzene rings is 5. The van der Waals surface area contributed by atoms with Gasteiger partial charge in [0.05, 0.1) is 38.4 Å². The number of alkyl carbamates (subject to hydrolysis) is 2. The van der Waals surface area contributed by atoms with Gasteiger partial charge in [-0.15, -0.1) is 22.7 Å². The van der Waals surface area contributed by atoms with Crippen LogP contribution in [0.4, 0.5) is 9.59 Å². The first-order valence-electron chi connectivity index (χ1n) is 34.4. The molecule has 8 aromatic rings. The van der Waals surface area contributed by atoms with Crippen LogP contribution in [-0.2, 0) is 51.3 Å². The number of carbonyl (C=O) groups is 8. The predicted octanol–water partition coefficient (Wildman–Crippen LogP) is 8.66. The molecule has 5 aromatic carbocycles. The number of thiazole rings is 3. The van der Waals surface area contributed by atoms with E-state index in [0.29, 0.717) is 139 Å². The molecule has 0 radical (unpaired) electrons. The summed E-state index contributed by atoms with van der Waals surface area (Å²) >= 11 is 3.69. The average molecular weight is 1550 g/mol. The van der Waals surface area contributed by atoms with Gasteiger partial charge in [-0.3, -0.25) is 24.0 Å². The zero-order valence-corrected chi connectivity index (χ0v) is 61.2. The van der Waals surface area contributed by atoms with Gasteiger partial charge in [-0.1, -0.05) is 72.8 Å². The molecule has 3 aliphatic rings. The van der Waals surface area contributed by atoms with E-state index in [1.54, 1.807) is 0 Å². The summed E-state index contributed by atoms with van der Waals surface area (Å²) < 4.78 is 35.6. The Balaban J connectivity index is 0.000000183. The van der Waals surface area contributed by atoms with Crippen LogP contribution in [0.25, 0.3) is 30.6 Å². The van der Waals surface area contributed by atoms with E-state index in [1.807, 2.05) is 133 Å². The fourth-order valence-electron chi connectivity index (χ4n) is 11.2. The number of amides is 4.